The van der Waals surface area contributed by atoms with Crippen LogP contribution in [0.1, 0.15) is 72.6 Å². The van der Waals surface area contributed by atoms with Gasteiger partial charge in [-0.3, -0.25) is 0 Å². The van der Waals surface area contributed by atoms with E-state index in [2.05, 4.69) is 27.7 Å². The third kappa shape index (κ3) is 11.7. The molecule has 3 heteroatoms. The lowest BCUT2D eigenvalue weighted by atomic mass is 9.92. The number of alkyl halides is 1. The fourth-order valence-corrected chi connectivity index (χ4v) is 3.07. The van der Waals surface area contributed by atoms with Gasteiger partial charge in [-0.05, 0) is 24.2 Å². The van der Waals surface area contributed by atoms with Crippen LogP contribution in [-0.4, -0.2) is 30.8 Å². The molecule has 0 saturated heterocycles. The Labute approximate surface area is 144 Å². The molecule has 0 heterocycles. The second-order valence-corrected chi connectivity index (χ2v) is 7.53. The number of hydrogen-bond donors (Lipinski definition) is 1. The quantitative estimate of drug-likeness (QED) is 0.316. The summed E-state index contributed by atoms with van der Waals surface area (Å²) < 4.78 is 5.77. The van der Waals surface area contributed by atoms with Crippen molar-refractivity contribution in [2.75, 3.05) is 25.7 Å². The molecule has 0 aliphatic carbocycles. The molecule has 0 rings (SSSR count). The molecule has 4 unspecified atom stereocenters. The maximum Gasteiger partial charge on any atom is 0.0495 e. The Balaban J connectivity index is 3.58. The van der Waals surface area contributed by atoms with Crippen LogP contribution in [0.2, 0.25) is 0 Å². The first-order valence-corrected chi connectivity index (χ1v) is 9.83. The lowest BCUT2D eigenvalue weighted by molar-refractivity contribution is 0.0644. The fraction of sp³-hybridized carbons (Fsp3) is 1.00. The summed E-state index contributed by atoms with van der Waals surface area (Å²) in [6, 6.07) is 0. The van der Waals surface area contributed by atoms with Crippen molar-refractivity contribution in [1.29, 1.82) is 0 Å². The van der Waals surface area contributed by atoms with Crippen molar-refractivity contribution in [3.05, 3.63) is 0 Å². The second kappa shape index (κ2) is 14.8. The first-order chi connectivity index (χ1) is 10.5. The number of hydrogen-bond acceptors (Lipinski definition) is 2. The average molecular weight is 335 g/mol. The minimum Gasteiger partial charge on any atom is -0.396 e. The minimum absolute atomic E-state index is 0.153. The molecule has 134 valence electrons. The summed E-state index contributed by atoms with van der Waals surface area (Å²) in [5, 5.41) is 9.20. The maximum atomic E-state index is 9.20. The van der Waals surface area contributed by atoms with Gasteiger partial charge in [0.15, 0.2) is 0 Å². The van der Waals surface area contributed by atoms with Crippen molar-refractivity contribution in [2.45, 2.75) is 72.6 Å². The molecule has 0 amide bonds. The predicted molar refractivity (Wildman–Crippen MR) is 97.6 cm³/mol. The molecular formula is C19H39ClO2. The highest BCUT2D eigenvalue weighted by Crippen LogP contribution is 2.20. The topological polar surface area (TPSA) is 29.5 Å². The first kappa shape index (κ1) is 22.2. The van der Waals surface area contributed by atoms with Crippen molar-refractivity contribution in [3.63, 3.8) is 0 Å². The SMILES string of the molecule is CCCCCC(C)CCC(C)CCOCC(C)C(CO)CCl. The Kier molecular flexibility index (Phi) is 14.9. The molecule has 22 heavy (non-hydrogen) atoms. The number of unbranched alkanes of at least 4 members (excludes halogenated alkanes) is 2. The van der Waals surface area contributed by atoms with Crippen LogP contribution in [0.4, 0.5) is 0 Å². The summed E-state index contributed by atoms with van der Waals surface area (Å²) in [6.07, 6.45) is 9.27. The molecule has 0 bridgehead atoms. The standard InChI is InChI=1S/C19H39ClO2/c1-5-6-7-8-16(2)9-10-17(3)11-12-22-15-18(4)19(13-20)14-21/h16-19,21H,5-15H2,1-4H3. The smallest absolute Gasteiger partial charge is 0.0495 e. The van der Waals surface area contributed by atoms with Crippen LogP contribution in [-0.2, 0) is 4.74 Å². The minimum atomic E-state index is 0.153. The summed E-state index contributed by atoms with van der Waals surface area (Å²) in [6.45, 7) is 10.8. The van der Waals surface area contributed by atoms with Crippen molar-refractivity contribution >= 4 is 11.6 Å². The molecular weight excluding hydrogens is 296 g/mol. The Morgan fingerprint density at radius 3 is 2.14 bits per heavy atom. The highest BCUT2D eigenvalue weighted by molar-refractivity contribution is 6.18. The second-order valence-electron chi connectivity index (χ2n) is 7.22. The van der Waals surface area contributed by atoms with E-state index >= 15 is 0 Å². The lowest BCUT2D eigenvalue weighted by Crippen LogP contribution is -2.22. The van der Waals surface area contributed by atoms with Gasteiger partial charge >= 0.3 is 0 Å². The normalized spacial score (nSPS) is 17.2. The summed E-state index contributed by atoms with van der Waals surface area (Å²) in [5.74, 6) is 2.60. The summed E-state index contributed by atoms with van der Waals surface area (Å²) in [4.78, 5) is 0. The van der Waals surface area contributed by atoms with Crippen LogP contribution >= 0.6 is 11.6 Å². The zero-order valence-electron chi connectivity index (χ0n) is 15.3. The van der Waals surface area contributed by atoms with Gasteiger partial charge in [-0.2, -0.15) is 0 Å². The van der Waals surface area contributed by atoms with Crippen LogP contribution in [0.5, 0.6) is 0 Å². The van der Waals surface area contributed by atoms with Crippen molar-refractivity contribution in [3.8, 4) is 0 Å². The van der Waals surface area contributed by atoms with Gasteiger partial charge in [0.05, 0.1) is 0 Å². The highest BCUT2D eigenvalue weighted by atomic mass is 35.5. The Morgan fingerprint density at radius 1 is 0.955 bits per heavy atom. The van der Waals surface area contributed by atoms with E-state index in [-0.39, 0.29) is 12.5 Å². The van der Waals surface area contributed by atoms with Gasteiger partial charge in [-0.15, -0.1) is 11.6 Å². The number of rotatable bonds is 15. The van der Waals surface area contributed by atoms with E-state index in [1.165, 1.54) is 38.5 Å². The largest absolute Gasteiger partial charge is 0.396 e. The molecule has 1 N–H and O–H groups in total. The van der Waals surface area contributed by atoms with Gasteiger partial charge in [0.1, 0.15) is 0 Å². The van der Waals surface area contributed by atoms with Crippen molar-refractivity contribution in [1.82, 2.24) is 0 Å². The zero-order chi connectivity index (χ0) is 16.8. The first-order valence-electron chi connectivity index (χ1n) is 9.29. The monoisotopic (exact) mass is 334 g/mol. The summed E-state index contributed by atoms with van der Waals surface area (Å²) in [5.41, 5.74) is 0. The van der Waals surface area contributed by atoms with Gasteiger partial charge in [0.2, 0.25) is 0 Å². The number of ether oxygens (including phenoxy) is 1. The molecule has 0 aromatic rings. The Hall–Kier alpha value is 0.210. The van der Waals surface area contributed by atoms with E-state index in [0.29, 0.717) is 18.4 Å². The average Bonchev–Trinajstić information content (AvgIpc) is 2.51. The van der Waals surface area contributed by atoms with Crippen LogP contribution in [0.3, 0.4) is 0 Å². The number of aliphatic hydroxyl groups excluding tert-OH is 1. The molecule has 0 fully saturated rings. The van der Waals surface area contributed by atoms with Crippen molar-refractivity contribution in [2.24, 2.45) is 23.7 Å². The number of aliphatic hydroxyl groups is 1. The van der Waals surface area contributed by atoms with Gasteiger partial charge < -0.3 is 9.84 Å². The van der Waals surface area contributed by atoms with E-state index in [4.69, 9.17) is 16.3 Å². The zero-order valence-corrected chi connectivity index (χ0v) is 16.1. The van der Waals surface area contributed by atoms with Gasteiger partial charge in [0.25, 0.3) is 0 Å². The van der Waals surface area contributed by atoms with Crippen LogP contribution < -0.4 is 0 Å². The molecule has 0 aromatic carbocycles. The molecule has 0 spiro atoms. The fourth-order valence-electron chi connectivity index (χ4n) is 2.67. The van der Waals surface area contributed by atoms with Crippen LogP contribution in [0.15, 0.2) is 0 Å². The lowest BCUT2D eigenvalue weighted by Gasteiger charge is -2.20. The van der Waals surface area contributed by atoms with E-state index in [9.17, 15) is 5.11 Å². The van der Waals surface area contributed by atoms with Gasteiger partial charge in [-0.25, -0.2) is 0 Å². The van der Waals surface area contributed by atoms with Gasteiger partial charge in [0, 0.05) is 31.6 Å². The van der Waals surface area contributed by atoms with Crippen LogP contribution in [0, 0.1) is 23.7 Å². The molecule has 0 aromatic heterocycles. The molecule has 0 aliphatic heterocycles. The van der Waals surface area contributed by atoms with E-state index in [1.54, 1.807) is 0 Å². The van der Waals surface area contributed by atoms with Crippen molar-refractivity contribution < 1.29 is 9.84 Å². The molecule has 0 radical (unpaired) electrons. The number of halogens is 1. The van der Waals surface area contributed by atoms with E-state index in [1.807, 2.05) is 0 Å². The van der Waals surface area contributed by atoms with Gasteiger partial charge in [-0.1, -0.05) is 66.2 Å². The Morgan fingerprint density at radius 2 is 1.59 bits per heavy atom. The summed E-state index contributed by atoms with van der Waals surface area (Å²) in [7, 11) is 0. The maximum absolute atomic E-state index is 9.20. The summed E-state index contributed by atoms with van der Waals surface area (Å²) >= 11 is 5.83. The third-order valence-electron chi connectivity index (χ3n) is 4.83. The predicted octanol–water partition coefficient (Wildman–Crippen LogP) is 5.51. The third-order valence-corrected chi connectivity index (χ3v) is 5.22. The molecule has 0 saturated carbocycles. The molecule has 0 aliphatic rings. The molecule has 2 nitrogen and oxygen atoms in total. The van der Waals surface area contributed by atoms with E-state index < -0.39 is 0 Å². The molecule has 4 atom stereocenters. The Bertz CT molecular complexity index is 231. The highest BCUT2D eigenvalue weighted by Gasteiger charge is 2.15. The van der Waals surface area contributed by atoms with Crippen LogP contribution in [0.25, 0.3) is 0 Å². The van der Waals surface area contributed by atoms with E-state index in [0.717, 1.165) is 24.9 Å².